The van der Waals surface area contributed by atoms with Crippen LogP contribution < -0.4 is 15.0 Å². The molecule has 0 bridgehead atoms. The number of hydrogen-bond acceptors (Lipinski definition) is 6. The molecule has 4 rings (SSSR count). The summed E-state index contributed by atoms with van der Waals surface area (Å²) in [5.41, 5.74) is 2.06. The number of nitrogens with zero attached hydrogens (tertiary/aromatic N) is 3. The fourth-order valence-electron chi connectivity index (χ4n) is 3.81. The minimum Gasteiger partial charge on any atom is -0.489 e. The predicted octanol–water partition coefficient (Wildman–Crippen LogP) is 4.64. The number of hydrogen-bond donors (Lipinski definition) is 1. The molecule has 0 atom stereocenters. The number of aromatic nitrogens is 2. The van der Waals surface area contributed by atoms with Crippen LogP contribution in [0.1, 0.15) is 24.2 Å². The van der Waals surface area contributed by atoms with E-state index in [1.165, 1.54) is 29.3 Å². The second kappa shape index (κ2) is 9.36. The first-order valence-electron chi connectivity index (χ1n) is 11.0. The minimum absolute atomic E-state index is 0.0150. The Morgan fingerprint density at radius 3 is 2.50 bits per heavy atom. The number of halogens is 3. The van der Waals surface area contributed by atoms with Gasteiger partial charge in [0.05, 0.1) is 47.2 Å². The first-order valence-corrected chi connectivity index (χ1v) is 13.3. The van der Waals surface area contributed by atoms with Crippen molar-refractivity contribution in [1.82, 2.24) is 9.55 Å². The zero-order valence-electron chi connectivity index (χ0n) is 20.0. The van der Waals surface area contributed by atoms with Crippen LogP contribution in [0.4, 0.5) is 20.2 Å². The number of alkyl halides is 2. The van der Waals surface area contributed by atoms with E-state index in [-0.39, 0.29) is 40.4 Å². The van der Waals surface area contributed by atoms with Gasteiger partial charge in [-0.3, -0.25) is 4.79 Å². The Labute approximate surface area is 212 Å². The average molecular weight is 539 g/mol. The molecule has 2 aromatic heterocycles. The van der Waals surface area contributed by atoms with Crippen molar-refractivity contribution in [2.45, 2.75) is 30.8 Å². The van der Waals surface area contributed by atoms with Crippen LogP contribution in [0.25, 0.3) is 11.4 Å². The van der Waals surface area contributed by atoms with Crippen LogP contribution in [0.2, 0.25) is 5.02 Å². The Balaban J connectivity index is 1.63. The smallest absolute Gasteiger partial charge is 0.282 e. The summed E-state index contributed by atoms with van der Waals surface area (Å²) in [5.74, 6) is -2.80. The summed E-state index contributed by atoms with van der Waals surface area (Å²) in [7, 11) is -1.79. The zero-order valence-corrected chi connectivity index (χ0v) is 21.6. The van der Waals surface area contributed by atoms with E-state index in [1.54, 1.807) is 29.9 Å². The van der Waals surface area contributed by atoms with Gasteiger partial charge in [-0.1, -0.05) is 11.6 Å². The number of pyridine rings is 1. The highest BCUT2D eigenvalue weighted by Gasteiger charge is 2.44. The third-order valence-corrected chi connectivity index (χ3v) is 6.79. The molecule has 1 amide bonds. The molecule has 0 saturated carbocycles. The standard InChI is InChI=1S/C24H25ClF2N4O4S/c1-14(2)35-21-9-18(31-12-24(26,27)13-31)10-28-22(21)20-5-15(11-30(20)3)23(32)29-17-6-16(25)7-19(8-17)36(4,33)34/h5-11,14H,12-13H2,1-4H3,(H,29,32). The Bertz CT molecular complexity index is 1430. The molecule has 1 aliphatic rings. The topological polar surface area (TPSA) is 93.5 Å². The fraction of sp³-hybridized carbons (Fsp3) is 0.333. The van der Waals surface area contributed by atoms with Gasteiger partial charge >= 0.3 is 0 Å². The summed E-state index contributed by atoms with van der Waals surface area (Å²) in [6.07, 6.45) is 3.95. The summed E-state index contributed by atoms with van der Waals surface area (Å²) in [5, 5.41) is 2.84. The summed E-state index contributed by atoms with van der Waals surface area (Å²) >= 11 is 6.03. The normalized spacial score (nSPS) is 15.1. The average Bonchev–Trinajstić information content (AvgIpc) is 3.12. The Hall–Kier alpha value is -3.18. The van der Waals surface area contributed by atoms with E-state index in [2.05, 4.69) is 10.3 Å². The highest BCUT2D eigenvalue weighted by atomic mass is 35.5. The molecule has 1 aromatic carbocycles. The van der Waals surface area contributed by atoms with Gasteiger partial charge < -0.3 is 19.5 Å². The highest BCUT2D eigenvalue weighted by molar-refractivity contribution is 7.90. The third kappa shape index (κ3) is 5.62. The SMILES string of the molecule is CC(C)Oc1cc(N2CC(F)(F)C2)cnc1-c1cc(C(=O)Nc2cc(Cl)cc(S(C)(=O)=O)c2)cn1C. The molecule has 3 aromatic rings. The quantitative estimate of drug-likeness (QED) is 0.471. The number of rotatable bonds is 7. The number of amides is 1. The van der Waals surface area contributed by atoms with E-state index >= 15 is 0 Å². The minimum atomic E-state index is -3.52. The summed E-state index contributed by atoms with van der Waals surface area (Å²) in [4.78, 5) is 18.9. The van der Waals surface area contributed by atoms with Crippen molar-refractivity contribution in [3.63, 3.8) is 0 Å². The molecular formula is C24H25ClF2N4O4S. The van der Waals surface area contributed by atoms with Gasteiger partial charge in [-0.15, -0.1) is 0 Å². The van der Waals surface area contributed by atoms with E-state index in [0.29, 0.717) is 22.8 Å². The lowest BCUT2D eigenvalue weighted by molar-refractivity contribution is -0.0263. The van der Waals surface area contributed by atoms with Gasteiger partial charge in [-0.25, -0.2) is 22.2 Å². The lowest BCUT2D eigenvalue weighted by Crippen LogP contribution is -2.56. The molecule has 0 spiro atoms. The van der Waals surface area contributed by atoms with Crippen LogP contribution in [0.5, 0.6) is 5.75 Å². The molecule has 1 aliphatic heterocycles. The largest absolute Gasteiger partial charge is 0.489 e. The molecule has 8 nitrogen and oxygen atoms in total. The fourth-order valence-corrected chi connectivity index (χ4v) is 4.80. The summed E-state index contributed by atoms with van der Waals surface area (Å²) in [6, 6.07) is 7.37. The van der Waals surface area contributed by atoms with Crippen molar-refractivity contribution >= 4 is 38.7 Å². The lowest BCUT2D eigenvalue weighted by atomic mass is 10.1. The van der Waals surface area contributed by atoms with Crippen molar-refractivity contribution in [3.05, 3.63) is 53.3 Å². The third-order valence-electron chi connectivity index (χ3n) is 5.48. The number of benzene rings is 1. The lowest BCUT2D eigenvalue weighted by Gasteiger charge is -2.40. The number of ether oxygens (including phenoxy) is 1. The van der Waals surface area contributed by atoms with Crippen LogP contribution in [0.3, 0.4) is 0 Å². The molecule has 1 N–H and O–H groups in total. The molecule has 192 valence electrons. The molecular weight excluding hydrogens is 514 g/mol. The van der Waals surface area contributed by atoms with Gasteiger partial charge in [0, 0.05) is 36.3 Å². The molecule has 1 saturated heterocycles. The molecule has 0 radical (unpaired) electrons. The van der Waals surface area contributed by atoms with Gasteiger partial charge in [-0.2, -0.15) is 0 Å². The van der Waals surface area contributed by atoms with Gasteiger partial charge in [-0.05, 0) is 38.1 Å². The number of carbonyl (C=O) groups excluding carboxylic acids is 1. The number of aryl methyl sites for hydroxylation is 1. The zero-order chi connectivity index (χ0) is 26.4. The number of nitrogens with one attached hydrogen (secondary N) is 1. The Morgan fingerprint density at radius 2 is 1.89 bits per heavy atom. The van der Waals surface area contributed by atoms with E-state index in [9.17, 15) is 22.0 Å². The second-order valence-corrected chi connectivity index (χ2v) is 11.5. The maximum absolute atomic E-state index is 13.3. The number of sulfone groups is 1. The van der Waals surface area contributed by atoms with Crippen LogP contribution in [-0.4, -0.2) is 55.2 Å². The monoisotopic (exact) mass is 538 g/mol. The molecule has 36 heavy (non-hydrogen) atoms. The van der Waals surface area contributed by atoms with Gasteiger partial charge in [0.15, 0.2) is 9.84 Å². The predicted molar refractivity (Wildman–Crippen MR) is 134 cm³/mol. The maximum Gasteiger partial charge on any atom is 0.282 e. The van der Waals surface area contributed by atoms with Gasteiger partial charge in [0.2, 0.25) is 0 Å². The summed E-state index contributed by atoms with van der Waals surface area (Å²) < 4.78 is 58.1. The van der Waals surface area contributed by atoms with E-state index in [0.717, 1.165) is 6.26 Å². The molecule has 1 fully saturated rings. The Kier molecular flexibility index (Phi) is 6.74. The van der Waals surface area contributed by atoms with Crippen molar-refractivity contribution < 1.29 is 26.7 Å². The van der Waals surface area contributed by atoms with Crippen molar-refractivity contribution in [2.75, 3.05) is 29.6 Å². The Morgan fingerprint density at radius 1 is 1.19 bits per heavy atom. The molecule has 0 unspecified atom stereocenters. The number of anilines is 2. The van der Waals surface area contributed by atoms with Crippen LogP contribution in [-0.2, 0) is 16.9 Å². The van der Waals surface area contributed by atoms with Crippen LogP contribution >= 0.6 is 11.6 Å². The number of carbonyl (C=O) groups is 1. The molecule has 12 heteroatoms. The van der Waals surface area contributed by atoms with E-state index in [4.69, 9.17) is 16.3 Å². The van der Waals surface area contributed by atoms with Crippen LogP contribution in [0.15, 0.2) is 47.6 Å². The second-order valence-electron chi connectivity index (χ2n) is 9.05. The summed E-state index contributed by atoms with van der Waals surface area (Å²) in [6.45, 7) is 2.92. The highest BCUT2D eigenvalue weighted by Crippen LogP contribution is 2.37. The maximum atomic E-state index is 13.3. The molecule has 3 heterocycles. The van der Waals surface area contributed by atoms with Crippen LogP contribution in [0, 0.1) is 0 Å². The first kappa shape index (κ1) is 25.9. The first-order chi connectivity index (χ1) is 16.7. The van der Waals surface area contributed by atoms with Gasteiger partial charge in [0.25, 0.3) is 11.8 Å². The van der Waals surface area contributed by atoms with Crippen molar-refractivity contribution in [3.8, 4) is 17.1 Å². The van der Waals surface area contributed by atoms with E-state index < -0.39 is 21.7 Å². The van der Waals surface area contributed by atoms with Gasteiger partial charge in [0.1, 0.15) is 11.4 Å². The molecule has 0 aliphatic carbocycles. The van der Waals surface area contributed by atoms with Crippen molar-refractivity contribution in [2.24, 2.45) is 7.05 Å². The van der Waals surface area contributed by atoms with Crippen molar-refractivity contribution in [1.29, 1.82) is 0 Å². The van der Waals surface area contributed by atoms with E-state index in [1.807, 2.05) is 13.8 Å².